The molecule has 1 fully saturated rings. The number of piperidine rings is 1. The van der Waals surface area contributed by atoms with Crippen molar-refractivity contribution < 1.29 is 18.7 Å². The van der Waals surface area contributed by atoms with Crippen molar-refractivity contribution in [2.75, 3.05) is 25.0 Å². The smallest absolute Gasteiger partial charge is 0.410 e. The van der Waals surface area contributed by atoms with E-state index in [0.717, 1.165) is 12.8 Å². The SMILES string of the molecule is CC(C)(C)OC(=O)N1CCC(CNC(=O)Nc2ccc(F)cc2)CC1. The Balaban J connectivity index is 1.69. The maximum Gasteiger partial charge on any atom is 0.410 e. The van der Waals surface area contributed by atoms with Crippen molar-refractivity contribution in [3.8, 4) is 0 Å². The Hall–Kier alpha value is -2.31. The van der Waals surface area contributed by atoms with Gasteiger partial charge in [0.15, 0.2) is 0 Å². The van der Waals surface area contributed by atoms with Gasteiger partial charge in [0.1, 0.15) is 11.4 Å². The molecular formula is C18H26FN3O3. The molecule has 0 radical (unpaired) electrons. The summed E-state index contributed by atoms with van der Waals surface area (Å²) in [6.45, 7) is 7.33. The Labute approximate surface area is 147 Å². The van der Waals surface area contributed by atoms with Crippen molar-refractivity contribution >= 4 is 17.8 Å². The largest absolute Gasteiger partial charge is 0.444 e. The molecule has 3 amide bonds. The average molecular weight is 351 g/mol. The predicted octanol–water partition coefficient (Wildman–Crippen LogP) is 3.59. The number of anilines is 1. The lowest BCUT2D eigenvalue weighted by Crippen LogP contribution is -2.44. The fourth-order valence-corrected chi connectivity index (χ4v) is 2.59. The molecule has 1 aliphatic heterocycles. The molecule has 0 aromatic heterocycles. The van der Waals surface area contributed by atoms with E-state index in [4.69, 9.17) is 4.74 Å². The minimum atomic E-state index is -0.492. The monoisotopic (exact) mass is 351 g/mol. The van der Waals surface area contributed by atoms with Crippen LogP contribution in [0.15, 0.2) is 24.3 Å². The van der Waals surface area contributed by atoms with Gasteiger partial charge < -0.3 is 20.3 Å². The van der Waals surface area contributed by atoms with Crippen molar-refractivity contribution in [2.45, 2.75) is 39.2 Å². The highest BCUT2D eigenvalue weighted by molar-refractivity contribution is 5.89. The number of carbonyl (C=O) groups is 2. The number of likely N-dealkylation sites (tertiary alicyclic amines) is 1. The number of ether oxygens (including phenoxy) is 1. The Bertz CT molecular complexity index is 591. The number of carbonyl (C=O) groups excluding carboxylic acids is 2. The van der Waals surface area contributed by atoms with Crippen molar-refractivity contribution in [3.05, 3.63) is 30.1 Å². The van der Waals surface area contributed by atoms with Crippen LogP contribution in [0.3, 0.4) is 0 Å². The van der Waals surface area contributed by atoms with Crippen LogP contribution in [0.1, 0.15) is 33.6 Å². The fourth-order valence-electron chi connectivity index (χ4n) is 2.59. The quantitative estimate of drug-likeness (QED) is 0.874. The molecule has 0 aliphatic carbocycles. The molecule has 6 nitrogen and oxygen atoms in total. The van der Waals surface area contributed by atoms with Gasteiger partial charge in [0, 0.05) is 25.3 Å². The van der Waals surface area contributed by atoms with Crippen molar-refractivity contribution in [2.24, 2.45) is 5.92 Å². The molecule has 0 saturated carbocycles. The summed E-state index contributed by atoms with van der Waals surface area (Å²) in [6.07, 6.45) is 1.35. The van der Waals surface area contributed by atoms with Crippen molar-refractivity contribution in [3.63, 3.8) is 0 Å². The first-order valence-electron chi connectivity index (χ1n) is 8.51. The highest BCUT2D eigenvalue weighted by Gasteiger charge is 2.26. The summed E-state index contributed by atoms with van der Waals surface area (Å²) in [4.78, 5) is 25.6. The molecular weight excluding hydrogens is 325 g/mol. The molecule has 1 aliphatic rings. The van der Waals surface area contributed by atoms with Crippen LogP contribution in [0.2, 0.25) is 0 Å². The minimum Gasteiger partial charge on any atom is -0.444 e. The van der Waals surface area contributed by atoms with Gasteiger partial charge in [0.05, 0.1) is 0 Å². The lowest BCUT2D eigenvalue weighted by Gasteiger charge is -2.33. The summed E-state index contributed by atoms with van der Waals surface area (Å²) in [5, 5.41) is 5.48. The summed E-state index contributed by atoms with van der Waals surface area (Å²) in [7, 11) is 0. The summed E-state index contributed by atoms with van der Waals surface area (Å²) >= 11 is 0. The molecule has 0 spiro atoms. The number of nitrogens with zero attached hydrogens (tertiary/aromatic N) is 1. The van der Waals surface area contributed by atoms with E-state index in [2.05, 4.69) is 10.6 Å². The van der Waals surface area contributed by atoms with Gasteiger partial charge in [0.25, 0.3) is 0 Å². The maximum absolute atomic E-state index is 12.8. The van der Waals surface area contributed by atoms with E-state index in [1.807, 2.05) is 20.8 Å². The van der Waals surface area contributed by atoms with Gasteiger partial charge in [0.2, 0.25) is 0 Å². The highest BCUT2D eigenvalue weighted by atomic mass is 19.1. The number of amides is 3. The van der Waals surface area contributed by atoms with Crippen molar-refractivity contribution in [1.29, 1.82) is 0 Å². The standard InChI is InChI=1S/C18H26FN3O3/c1-18(2,3)25-17(24)22-10-8-13(9-11-22)12-20-16(23)21-15-6-4-14(19)5-7-15/h4-7,13H,8-12H2,1-3H3,(H2,20,21,23). The van der Waals surface area contributed by atoms with Gasteiger partial charge in [-0.25, -0.2) is 14.0 Å². The number of benzene rings is 1. The van der Waals surface area contributed by atoms with Crippen LogP contribution in [0, 0.1) is 11.7 Å². The van der Waals surface area contributed by atoms with Gasteiger partial charge in [-0.15, -0.1) is 0 Å². The maximum atomic E-state index is 12.8. The molecule has 2 N–H and O–H groups in total. The minimum absolute atomic E-state index is 0.284. The third-order valence-corrected chi connectivity index (χ3v) is 3.92. The van der Waals surface area contributed by atoms with E-state index >= 15 is 0 Å². The molecule has 1 aromatic carbocycles. The van der Waals surface area contributed by atoms with E-state index in [-0.39, 0.29) is 17.9 Å². The van der Waals surface area contributed by atoms with Crippen LogP contribution in [0.5, 0.6) is 0 Å². The molecule has 1 saturated heterocycles. The van der Waals surface area contributed by atoms with Gasteiger partial charge in [-0.2, -0.15) is 0 Å². The molecule has 0 unspecified atom stereocenters. The number of hydrogen-bond donors (Lipinski definition) is 2. The number of hydrogen-bond acceptors (Lipinski definition) is 3. The number of nitrogens with one attached hydrogen (secondary N) is 2. The Morgan fingerprint density at radius 3 is 2.36 bits per heavy atom. The zero-order valence-corrected chi connectivity index (χ0v) is 15.0. The van der Waals surface area contributed by atoms with Crippen LogP contribution >= 0.6 is 0 Å². The molecule has 138 valence electrons. The number of halogens is 1. The first-order valence-corrected chi connectivity index (χ1v) is 8.51. The van der Waals surface area contributed by atoms with E-state index in [1.165, 1.54) is 24.3 Å². The van der Waals surface area contributed by atoms with Gasteiger partial charge in [-0.05, 0) is 63.8 Å². The lowest BCUT2D eigenvalue weighted by molar-refractivity contribution is 0.0185. The molecule has 25 heavy (non-hydrogen) atoms. The summed E-state index contributed by atoms with van der Waals surface area (Å²) in [5.41, 5.74) is 0.0483. The molecule has 0 bridgehead atoms. The highest BCUT2D eigenvalue weighted by Crippen LogP contribution is 2.19. The van der Waals surface area contributed by atoms with Crippen LogP contribution in [-0.4, -0.2) is 42.3 Å². The third kappa shape index (κ3) is 6.60. The first kappa shape index (κ1) is 19.0. The summed E-state index contributed by atoms with van der Waals surface area (Å²) < 4.78 is 18.2. The molecule has 2 rings (SSSR count). The van der Waals surface area contributed by atoms with Crippen LogP contribution in [0.4, 0.5) is 19.7 Å². The molecule has 0 atom stereocenters. The van der Waals surface area contributed by atoms with Crippen LogP contribution in [-0.2, 0) is 4.74 Å². The summed E-state index contributed by atoms with van der Waals surface area (Å²) in [5.74, 6) is -0.0274. The average Bonchev–Trinajstić information content (AvgIpc) is 2.54. The van der Waals surface area contributed by atoms with E-state index < -0.39 is 5.60 Å². The predicted molar refractivity (Wildman–Crippen MR) is 94.0 cm³/mol. The zero-order chi connectivity index (χ0) is 18.4. The molecule has 7 heteroatoms. The second kappa shape index (κ2) is 8.18. The van der Waals surface area contributed by atoms with Gasteiger partial charge >= 0.3 is 12.1 Å². The van der Waals surface area contributed by atoms with Gasteiger partial charge in [-0.1, -0.05) is 0 Å². The second-order valence-corrected chi connectivity index (χ2v) is 7.25. The zero-order valence-electron chi connectivity index (χ0n) is 15.0. The number of urea groups is 1. The Morgan fingerprint density at radius 1 is 1.20 bits per heavy atom. The van der Waals surface area contributed by atoms with Gasteiger partial charge in [-0.3, -0.25) is 0 Å². The summed E-state index contributed by atoms with van der Waals surface area (Å²) in [6, 6.07) is 5.29. The van der Waals surface area contributed by atoms with Crippen LogP contribution < -0.4 is 10.6 Å². The molecule has 1 heterocycles. The van der Waals surface area contributed by atoms with E-state index in [0.29, 0.717) is 31.2 Å². The normalized spacial score (nSPS) is 15.6. The lowest BCUT2D eigenvalue weighted by atomic mass is 9.97. The van der Waals surface area contributed by atoms with Crippen LogP contribution in [0.25, 0.3) is 0 Å². The Kier molecular flexibility index (Phi) is 6.22. The van der Waals surface area contributed by atoms with E-state index in [9.17, 15) is 14.0 Å². The topological polar surface area (TPSA) is 70.7 Å². The second-order valence-electron chi connectivity index (χ2n) is 7.25. The Morgan fingerprint density at radius 2 is 1.80 bits per heavy atom. The first-order chi connectivity index (χ1) is 11.7. The third-order valence-electron chi connectivity index (χ3n) is 3.92. The van der Waals surface area contributed by atoms with Crippen molar-refractivity contribution in [1.82, 2.24) is 10.2 Å². The molecule has 1 aromatic rings. The van der Waals surface area contributed by atoms with E-state index in [1.54, 1.807) is 4.90 Å². The number of rotatable bonds is 3. The fraction of sp³-hybridized carbons (Fsp3) is 0.556.